The van der Waals surface area contributed by atoms with Crippen molar-refractivity contribution in [1.82, 2.24) is 10.2 Å². The molecule has 1 saturated heterocycles. The Morgan fingerprint density at radius 3 is 2.41 bits per heavy atom. The van der Waals surface area contributed by atoms with Crippen LogP contribution in [-0.2, 0) is 16.1 Å². The first-order valence-electron chi connectivity index (χ1n) is 11.4. The van der Waals surface area contributed by atoms with Crippen LogP contribution < -0.4 is 5.32 Å². The van der Waals surface area contributed by atoms with Crippen LogP contribution in [0, 0.1) is 6.92 Å². The van der Waals surface area contributed by atoms with E-state index in [0.29, 0.717) is 24.2 Å². The third-order valence-corrected chi connectivity index (χ3v) is 6.09. The maximum absolute atomic E-state index is 13.4. The van der Waals surface area contributed by atoms with Gasteiger partial charge in [0.05, 0.1) is 12.3 Å². The lowest BCUT2D eigenvalue weighted by Crippen LogP contribution is -2.46. The van der Waals surface area contributed by atoms with Gasteiger partial charge in [-0.15, -0.1) is 0 Å². The molecule has 0 aromatic heterocycles. The van der Waals surface area contributed by atoms with Crippen molar-refractivity contribution in [3.05, 3.63) is 95.6 Å². The number of carbonyl (C=O) groups excluding carboxylic acids is 2. The SMILES string of the molecule is CON=C1C[C@@H](C(=O)NCCc2ccccc2)N(C(=O)c2ccc(-c3ccccc3C)cc2)C1. The van der Waals surface area contributed by atoms with Crippen LogP contribution >= 0.6 is 0 Å². The molecule has 6 nitrogen and oxygen atoms in total. The van der Waals surface area contributed by atoms with Gasteiger partial charge in [0.2, 0.25) is 5.91 Å². The molecule has 0 aliphatic carbocycles. The van der Waals surface area contributed by atoms with E-state index in [9.17, 15) is 9.59 Å². The van der Waals surface area contributed by atoms with Crippen molar-refractivity contribution in [1.29, 1.82) is 0 Å². The lowest BCUT2D eigenvalue weighted by atomic mass is 9.99. The van der Waals surface area contributed by atoms with E-state index in [0.717, 1.165) is 23.1 Å². The second kappa shape index (κ2) is 10.8. The van der Waals surface area contributed by atoms with Crippen molar-refractivity contribution in [2.24, 2.45) is 5.16 Å². The van der Waals surface area contributed by atoms with E-state index >= 15 is 0 Å². The number of hydrogen-bond donors (Lipinski definition) is 1. The first-order valence-corrected chi connectivity index (χ1v) is 11.4. The Morgan fingerprint density at radius 1 is 1.00 bits per heavy atom. The zero-order valence-corrected chi connectivity index (χ0v) is 19.5. The van der Waals surface area contributed by atoms with Crippen molar-refractivity contribution in [2.45, 2.75) is 25.8 Å². The average molecular weight is 456 g/mol. The molecule has 1 atom stereocenters. The fourth-order valence-corrected chi connectivity index (χ4v) is 4.30. The number of oxime groups is 1. The monoisotopic (exact) mass is 455 g/mol. The fourth-order valence-electron chi connectivity index (χ4n) is 4.30. The predicted molar refractivity (Wildman–Crippen MR) is 134 cm³/mol. The van der Waals surface area contributed by atoms with E-state index in [1.165, 1.54) is 12.7 Å². The molecular formula is C28H29N3O3. The summed E-state index contributed by atoms with van der Waals surface area (Å²) in [6.07, 6.45) is 1.09. The molecule has 0 radical (unpaired) electrons. The van der Waals surface area contributed by atoms with Gasteiger partial charge < -0.3 is 15.1 Å². The number of benzene rings is 3. The second-order valence-electron chi connectivity index (χ2n) is 8.41. The largest absolute Gasteiger partial charge is 0.399 e. The topological polar surface area (TPSA) is 71.0 Å². The van der Waals surface area contributed by atoms with Gasteiger partial charge in [0.15, 0.2) is 0 Å². The molecular weight excluding hydrogens is 426 g/mol. The van der Waals surface area contributed by atoms with Crippen LogP contribution in [0.25, 0.3) is 11.1 Å². The van der Waals surface area contributed by atoms with Crippen LogP contribution in [-0.4, -0.2) is 48.7 Å². The van der Waals surface area contributed by atoms with Gasteiger partial charge in [-0.3, -0.25) is 9.59 Å². The molecule has 0 spiro atoms. The van der Waals surface area contributed by atoms with Crippen LogP contribution in [0.4, 0.5) is 0 Å². The lowest BCUT2D eigenvalue weighted by Gasteiger charge is -2.23. The third-order valence-electron chi connectivity index (χ3n) is 6.09. The van der Waals surface area contributed by atoms with Gasteiger partial charge >= 0.3 is 0 Å². The van der Waals surface area contributed by atoms with Crippen molar-refractivity contribution < 1.29 is 14.4 Å². The normalized spacial score (nSPS) is 16.5. The van der Waals surface area contributed by atoms with E-state index in [1.54, 1.807) is 4.90 Å². The number of hydrogen-bond acceptors (Lipinski definition) is 4. The summed E-state index contributed by atoms with van der Waals surface area (Å²) in [7, 11) is 1.47. The zero-order chi connectivity index (χ0) is 23.9. The Hall–Kier alpha value is -3.93. The number of likely N-dealkylation sites (tertiary alicyclic amines) is 1. The van der Waals surface area contributed by atoms with Crippen LogP contribution in [0.1, 0.15) is 27.9 Å². The molecule has 1 aliphatic heterocycles. The minimum absolute atomic E-state index is 0.179. The van der Waals surface area contributed by atoms with Gasteiger partial charge in [-0.05, 0) is 47.7 Å². The Labute approximate surface area is 200 Å². The quantitative estimate of drug-likeness (QED) is 0.542. The molecule has 6 heteroatoms. The maximum Gasteiger partial charge on any atom is 0.254 e. The molecule has 4 rings (SSSR count). The highest BCUT2D eigenvalue weighted by atomic mass is 16.6. The molecule has 174 valence electrons. The average Bonchev–Trinajstić information content (AvgIpc) is 3.29. The molecule has 0 saturated carbocycles. The molecule has 1 fully saturated rings. The smallest absolute Gasteiger partial charge is 0.254 e. The minimum atomic E-state index is -0.617. The molecule has 0 bridgehead atoms. The van der Waals surface area contributed by atoms with E-state index in [1.807, 2.05) is 66.7 Å². The van der Waals surface area contributed by atoms with Gasteiger partial charge in [0.1, 0.15) is 13.2 Å². The van der Waals surface area contributed by atoms with Gasteiger partial charge in [-0.25, -0.2) is 0 Å². The van der Waals surface area contributed by atoms with E-state index in [2.05, 4.69) is 29.5 Å². The Kier molecular flexibility index (Phi) is 7.38. The molecule has 34 heavy (non-hydrogen) atoms. The summed E-state index contributed by atoms with van der Waals surface area (Å²) in [5.41, 5.74) is 5.72. The number of aryl methyl sites for hydroxylation is 1. The second-order valence-corrected chi connectivity index (χ2v) is 8.41. The number of nitrogens with one attached hydrogen (secondary N) is 1. The lowest BCUT2D eigenvalue weighted by molar-refractivity contribution is -0.124. The summed E-state index contributed by atoms with van der Waals surface area (Å²) in [4.78, 5) is 32.9. The summed E-state index contributed by atoms with van der Waals surface area (Å²) >= 11 is 0. The predicted octanol–water partition coefficient (Wildman–Crippen LogP) is 4.24. The maximum atomic E-state index is 13.4. The van der Waals surface area contributed by atoms with Crippen molar-refractivity contribution in [2.75, 3.05) is 20.2 Å². The molecule has 3 aromatic carbocycles. The van der Waals surface area contributed by atoms with Crippen molar-refractivity contribution >= 4 is 17.5 Å². The summed E-state index contributed by atoms with van der Waals surface area (Å²) < 4.78 is 0. The highest BCUT2D eigenvalue weighted by Crippen LogP contribution is 2.25. The van der Waals surface area contributed by atoms with Crippen LogP contribution in [0.2, 0.25) is 0 Å². The van der Waals surface area contributed by atoms with E-state index in [4.69, 9.17) is 4.84 Å². The summed E-state index contributed by atoms with van der Waals surface area (Å²) in [6, 6.07) is 25.0. The molecule has 0 unspecified atom stereocenters. The molecule has 2 amide bonds. The number of rotatable bonds is 7. The summed E-state index contributed by atoms with van der Waals surface area (Å²) in [5.74, 6) is -0.372. The molecule has 3 aromatic rings. The van der Waals surface area contributed by atoms with Crippen molar-refractivity contribution in [3.8, 4) is 11.1 Å². The highest BCUT2D eigenvalue weighted by Gasteiger charge is 2.38. The first kappa shape index (κ1) is 23.2. The molecule has 1 heterocycles. The van der Waals surface area contributed by atoms with E-state index in [-0.39, 0.29) is 18.4 Å². The summed E-state index contributed by atoms with van der Waals surface area (Å²) in [6.45, 7) is 2.84. The number of amides is 2. The van der Waals surface area contributed by atoms with Crippen LogP contribution in [0.15, 0.2) is 84.0 Å². The Bertz CT molecular complexity index is 1170. The summed E-state index contributed by atoms with van der Waals surface area (Å²) in [5, 5.41) is 7.00. The fraction of sp³-hybridized carbons (Fsp3) is 0.250. The third kappa shape index (κ3) is 5.34. The Morgan fingerprint density at radius 2 is 1.71 bits per heavy atom. The Balaban J connectivity index is 1.47. The first-order chi connectivity index (χ1) is 16.6. The highest BCUT2D eigenvalue weighted by molar-refractivity contribution is 6.05. The number of nitrogens with zero attached hydrogens (tertiary/aromatic N) is 2. The van der Waals surface area contributed by atoms with Gasteiger partial charge in [-0.1, -0.05) is 71.9 Å². The van der Waals surface area contributed by atoms with Gasteiger partial charge in [0.25, 0.3) is 5.91 Å². The van der Waals surface area contributed by atoms with E-state index < -0.39 is 6.04 Å². The standard InChI is InChI=1S/C28H29N3O3/c1-20-8-6-7-11-25(20)22-12-14-23(15-13-22)28(33)31-19-24(30-34-2)18-26(31)27(32)29-17-16-21-9-4-3-5-10-21/h3-15,26H,16-19H2,1-2H3,(H,29,32)/t26-/m0/s1. The van der Waals surface area contributed by atoms with Crippen molar-refractivity contribution in [3.63, 3.8) is 0 Å². The van der Waals surface area contributed by atoms with Crippen LogP contribution in [0.5, 0.6) is 0 Å². The zero-order valence-electron chi connectivity index (χ0n) is 19.5. The van der Waals surface area contributed by atoms with Gasteiger partial charge in [-0.2, -0.15) is 0 Å². The van der Waals surface area contributed by atoms with Crippen LogP contribution in [0.3, 0.4) is 0 Å². The molecule has 1 N–H and O–H groups in total. The minimum Gasteiger partial charge on any atom is -0.399 e. The number of carbonyl (C=O) groups is 2. The molecule has 1 aliphatic rings. The van der Waals surface area contributed by atoms with Gasteiger partial charge in [0, 0.05) is 18.5 Å².